The minimum atomic E-state index is -0.552. The second-order valence-electron chi connectivity index (χ2n) is 4.76. The lowest BCUT2D eigenvalue weighted by Crippen LogP contribution is -1.98. The molecule has 2 rings (SSSR count). The van der Waals surface area contributed by atoms with Crippen LogP contribution in [0.15, 0.2) is 42.6 Å². The topological polar surface area (TPSA) is 22.1 Å². The molecule has 0 radical (unpaired) electrons. The number of rotatable bonds is 6. The Hall–Kier alpha value is -1.81. The van der Waals surface area contributed by atoms with E-state index in [9.17, 15) is 8.78 Å². The Labute approximate surface area is 131 Å². The molecule has 0 fully saturated rings. The van der Waals surface area contributed by atoms with Gasteiger partial charge >= 0.3 is 0 Å². The number of halogens is 2. The van der Waals surface area contributed by atoms with Crippen LogP contribution in [0.1, 0.15) is 37.9 Å². The normalized spacial score (nSPS) is 10.0. The molecule has 4 heteroatoms. The van der Waals surface area contributed by atoms with Crippen molar-refractivity contribution in [3.63, 3.8) is 0 Å². The number of pyridine rings is 1. The summed E-state index contributed by atoms with van der Waals surface area (Å²) in [5, 5.41) is 0. The van der Waals surface area contributed by atoms with Crippen LogP contribution in [-0.2, 0) is 17.8 Å². The van der Waals surface area contributed by atoms with Gasteiger partial charge in [0.25, 0.3) is 0 Å². The van der Waals surface area contributed by atoms with Gasteiger partial charge in [0, 0.05) is 24.1 Å². The van der Waals surface area contributed by atoms with Gasteiger partial charge in [0.15, 0.2) is 0 Å². The van der Waals surface area contributed by atoms with Crippen molar-refractivity contribution in [2.45, 2.75) is 39.7 Å². The molecule has 1 aromatic heterocycles. The molecule has 2 aromatic rings. The van der Waals surface area contributed by atoms with E-state index in [2.05, 4.69) is 18.0 Å². The van der Waals surface area contributed by atoms with E-state index in [0.717, 1.165) is 6.42 Å². The molecule has 2 nitrogen and oxygen atoms in total. The lowest BCUT2D eigenvalue weighted by molar-refractivity contribution is 0.128. The van der Waals surface area contributed by atoms with Crippen molar-refractivity contribution < 1.29 is 13.5 Å². The largest absolute Gasteiger partial charge is 0.377 e. The Morgan fingerprint density at radius 1 is 1.00 bits per heavy atom. The number of benzene rings is 1. The molecular formula is C18H23F2NO. The maximum atomic E-state index is 12.9. The molecule has 0 saturated heterocycles. The second kappa shape index (κ2) is 10.9. The number of hydrogen-bond donors (Lipinski definition) is 0. The van der Waals surface area contributed by atoms with E-state index in [0.29, 0.717) is 6.61 Å². The molecule has 0 atom stereocenters. The Bertz CT molecular complexity index is 512. The van der Waals surface area contributed by atoms with E-state index in [-0.39, 0.29) is 12.2 Å². The van der Waals surface area contributed by atoms with E-state index >= 15 is 0 Å². The minimum absolute atomic E-state index is 0.000602. The maximum Gasteiger partial charge on any atom is 0.131 e. The average Bonchev–Trinajstić information content (AvgIpc) is 2.54. The van der Waals surface area contributed by atoms with Crippen molar-refractivity contribution in [3.05, 3.63) is 65.5 Å². The number of hydrogen-bond acceptors (Lipinski definition) is 2. The third-order valence-electron chi connectivity index (χ3n) is 3.02. The first-order valence-corrected chi connectivity index (χ1v) is 7.59. The molecule has 0 saturated carbocycles. The van der Waals surface area contributed by atoms with Gasteiger partial charge in [-0.1, -0.05) is 25.5 Å². The van der Waals surface area contributed by atoms with Gasteiger partial charge in [-0.3, -0.25) is 4.98 Å². The zero-order valence-electron chi connectivity index (χ0n) is 13.2. The van der Waals surface area contributed by atoms with Crippen molar-refractivity contribution in [3.8, 4) is 0 Å². The Morgan fingerprint density at radius 3 is 2.27 bits per heavy atom. The van der Waals surface area contributed by atoms with Gasteiger partial charge in [0.05, 0.1) is 6.61 Å². The molecule has 0 N–H and O–H groups in total. The van der Waals surface area contributed by atoms with Crippen LogP contribution in [0.3, 0.4) is 0 Å². The fourth-order valence-electron chi connectivity index (χ4n) is 1.78. The zero-order valence-corrected chi connectivity index (χ0v) is 13.2. The molecule has 0 amide bonds. The standard InChI is InChI=1S/C9H10F2O.C9H13N/c1-2-12-6-7-8(10)4-3-5-9(7)11;1-2-3-6-9-7-4-5-8-10-9/h3-5H,2,6H2,1H3;4-5,7-8H,2-3,6H2,1H3. The Balaban J connectivity index is 0.000000224. The maximum absolute atomic E-state index is 12.9. The van der Waals surface area contributed by atoms with Crippen molar-refractivity contribution in [2.75, 3.05) is 6.61 Å². The number of nitrogens with zero attached hydrogens (tertiary/aromatic N) is 1. The van der Waals surface area contributed by atoms with E-state index in [4.69, 9.17) is 4.74 Å². The minimum Gasteiger partial charge on any atom is -0.377 e. The summed E-state index contributed by atoms with van der Waals surface area (Å²) in [5.41, 5.74) is 1.21. The van der Waals surface area contributed by atoms with Crippen LogP contribution in [-0.4, -0.2) is 11.6 Å². The fraction of sp³-hybridized carbons (Fsp3) is 0.389. The Kier molecular flexibility index (Phi) is 9.00. The second-order valence-corrected chi connectivity index (χ2v) is 4.76. The third-order valence-corrected chi connectivity index (χ3v) is 3.02. The predicted octanol–water partition coefficient (Wildman–Crippen LogP) is 4.93. The van der Waals surface area contributed by atoms with Crippen molar-refractivity contribution in [2.24, 2.45) is 0 Å². The lowest BCUT2D eigenvalue weighted by atomic mass is 10.2. The van der Waals surface area contributed by atoms with E-state index < -0.39 is 11.6 Å². The van der Waals surface area contributed by atoms with Crippen LogP contribution in [0, 0.1) is 11.6 Å². The van der Waals surface area contributed by atoms with Crippen LogP contribution >= 0.6 is 0 Å². The molecule has 0 unspecified atom stereocenters. The number of aromatic nitrogens is 1. The number of aryl methyl sites for hydroxylation is 1. The highest BCUT2D eigenvalue weighted by atomic mass is 19.1. The summed E-state index contributed by atoms with van der Waals surface area (Å²) in [7, 11) is 0. The molecule has 0 aliphatic heterocycles. The fourth-order valence-corrected chi connectivity index (χ4v) is 1.78. The highest BCUT2D eigenvalue weighted by molar-refractivity contribution is 5.18. The third kappa shape index (κ3) is 6.76. The van der Waals surface area contributed by atoms with Gasteiger partial charge in [0.1, 0.15) is 11.6 Å². The first-order valence-electron chi connectivity index (χ1n) is 7.59. The first kappa shape index (κ1) is 18.2. The number of ether oxygens (including phenoxy) is 1. The molecular weight excluding hydrogens is 284 g/mol. The van der Waals surface area contributed by atoms with Gasteiger partial charge in [-0.05, 0) is 44.0 Å². The number of unbranched alkanes of at least 4 members (excludes halogenated alkanes) is 1. The monoisotopic (exact) mass is 307 g/mol. The van der Waals surface area contributed by atoms with Crippen molar-refractivity contribution >= 4 is 0 Å². The summed E-state index contributed by atoms with van der Waals surface area (Å²) < 4.78 is 30.6. The molecule has 0 aliphatic rings. The zero-order chi connectivity index (χ0) is 16.2. The quantitative estimate of drug-likeness (QED) is 0.755. The van der Waals surface area contributed by atoms with E-state index in [1.165, 1.54) is 36.7 Å². The molecule has 22 heavy (non-hydrogen) atoms. The molecule has 0 aliphatic carbocycles. The van der Waals surface area contributed by atoms with Crippen LogP contribution in [0.4, 0.5) is 8.78 Å². The lowest BCUT2D eigenvalue weighted by Gasteiger charge is -2.03. The van der Waals surface area contributed by atoms with Gasteiger partial charge in [-0.25, -0.2) is 8.78 Å². The summed E-state index contributed by atoms with van der Waals surface area (Å²) in [4.78, 5) is 4.22. The summed E-state index contributed by atoms with van der Waals surface area (Å²) in [6.45, 7) is 4.42. The van der Waals surface area contributed by atoms with Crippen LogP contribution in [0.5, 0.6) is 0 Å². The van der Waals surface area contributed by atoms with Crippen molar-refractivity contribution in [1.82, 2.24) is 4.98 Å². The van der Waals surface area contributed by atoms with E-state index in [1.807, 2.05) is 18.3 Å². The highest BCUT2D eigenvalue weighted by Crippen LogP contribution is 2.12. The first-order chi connectivity index (χ1) is 10.7. The molecule has 0 spiro atoms. The molecule has 1 heterocycles. The molecule has 120 valence electrons. The van der Waals surface area contributed by atoms with Gasteiger partial charge in [-0.15, -0.1) is 0 Å². The summed E-state index contributed by atoms with van der Waals surface area (Å²) in [6, 6.07) is 9.85. The van der Waals surface area contributed by atoms with Crippen molar-refractivity contribution in [1.29, 1.82) is 0 Å². The summed E-state index contributed by atoms with van der Waals surface area (Å²) in [5.74, 6) is -1.10. The van der Waals surface area contributed by atoms with Gasteiger partial charge in [-0.2, -0.15) is 0 Å². The molecule has 0 bridgehead atoms. The van der Waals surface area contributed by atoms with Crippen LogP contribution < -0.4 is 0 Å². The van der Waals surface area contributed by atoms with Crippen LogP contribution in [0.2, 0.25) is 0 Å². The SMILES string of the molecule is CCCCc1ccccn1.CCOCc1c(F)cccc1F. The van der Waals surface area contributed by atoms with Gasteiger partial charge < -0.3 is 4.74 Å². The van der Waals surface area contributed by atoms with Gasteiger partial charge in [0.2, 0.25) is 0 Å². The molecule has 1 aromatic carbocycles. The highest BCUT2D eigenvalue weighted by Gasteiger charge is 2.06. The van der Waals surface area contributed by atoms with E-state index in [1.54, 1.807) is 6.92 Å². The Morgan fingerprint density at radius 2 is 1.73 bits per heavy atom. The summed E-state index contributed by atoms with van der Waals surface area (Å²) in [6.07, 6.45) is 5.47. The average molecular weight is 307 g/mol. The van der Waals surface area contributed by atoms with Crippen LogP contribution in [0.25, 0.3) is 0 Å². The summed E-state index contributed by atoms with van der Waals surface area (Å²) >= 11 is 0. The smallest absolute Gasteiger partial charge is 0.131 e. The predicted molar refractivity (Wildman–Crippen MR) is 84.5 cm³/mol.